The normalized spacial score (nSPS) is 13.7. The summed E-state index contributed by atoms with van der Waals surface area (Å²) in [6.45, 7) is 5.39. The number of anilines is 1. The van der Waals surface area contributed by atoms with Crippen molar-refractivity contribution in [3.05, 3.63) is 28.2 Å². The highest BCUT2D eigenvalue weighted by atomic mass is 35.5. The lowest BCUT2D eigenvalue weighted by molar-refractivity contribution is 0.0649. The number of hydrogen-bond acceptors (Lipinski definition) is 2. The van der Waals surface area contributed by atoms with Crippen LogP contribution in [0.25, 0.3) is 0 Å². The molecule has 0 radical (unpaired) electrons. The van der Waals surface area contributed by atoms with E-state index in [1.165, 1.54) is 0 Å². The maximum Gasteiger partial charge on any atom is 0.0789 e. The Morgan fingerprint density at radius 1 is 1.20 bits per heavy atom. The lowest BCUT2D eigenvalue weighted by atomic mass is 10.0. The standard InChI is InChI=1S/C11H15Cl2NO/c1-7(11(2,3)15)14-10-5-8(12)4-9(13)6-10/h4-7,14-15H,1-3H3. The molecule has 84 valence electrons. The van der Waals surface area contributed by atoms with Gasteiger partial charge in [-0.05, 0) is 39.0 Å². The molecule has 2 nitrogen and oxygen atoms in total. The summed E-state index contributed by atoms with van der Waals surface area (Å²) in [5, 5.41) is 14.1. The van der Waals surface area contributed by atoms with E-state index in [2.05, 4.69) is 5.32 Å². The summed E-state index contributed by atoms with van der Waals surface area (Å²) >= 11 is 11.7. The van der Waals surface area contributed by atoms with Gasteiger partial charge in [0, 0.05) is 15.7 Å². The monoisotopic (exact) mass is 247 g/mol. The zero-order valence-electron chi connectivity index (χ0n) is 9.01. The number of aliphatic hydroxyl groups is 1. The van der Waals surface area contributed by atoms with Gasteiger partial charge in [-0.2, -0.15) is 0 Å². The quantitative estimate of drug-likeness (QED) is 0.857. The summed E-state index contributed by atoms with van der Waals surface area (Å²) in [4.78, 5) is 0. The van der Waals surface area contributed by atoms with Crippen molar-refractivity contribution in [2.75, 3.05) is 5.32 Å². The fourth-order valence-electron chi connectivity index (χ4n) is 1.06. The second-order valence-electron chi connectivity index (χ2n) is 4.18. The van der Waals surface area contributed by atoms with Crippen LogP contribution < -0.4 is 5.32 Å². The fraction of sp³-hybridized carbons (Fsp3) is 0.455. The molecule has 0 aliphatic heterocycles. The molecular formula is C11H15Cl2NO. The average Bonchev–Trinajstić information content (AvgIpc) is 1.99. The first-order chi connectivity index (χ1) is 6.79. The number of nitrogens with one attached hydrogen (secondary N) is 1. The van der Waals surface area contributed by atoms with Crippen LogP contribution in [0.15, 0.2) is 18.2 Å². The van der Waals surface area contributed by atoms with Gasteiger partial charge in [0.1, 0.15) is 0 Å². The summed E-state index contributed by atoms with van der Waals surface area (Å²) in [7, 11) is 0. The summed E-state index contributed by atoms with van der Waals surface area (Å²) in [5.74, 6) is 0. The van der Waals surface area contributed by atoms with E-state index in [1.807, 2.05) is 6.92 Å². The maximum absolute atomic E-state index is 9.76. The minimum absolute atomic E-state index is 0.0907. The summed E-state index contributed by atoms with van der Waals surface area (Å²) < 4.78 is 0. The minimum atomic E-state index is -0.797. The Bertz CT molecular complexity index is 327. The SMILES string of the molecule is CC(Nc1cc(Cl)cc(Cl)c1)C(C)(C)O. The topological polar surface area (TPSA) is 32.3 Å². The molecule has 0 amide bonds. The second-order valence-corrected chi connectivity index (χ2v) is 5.05. The minimum Gasteiger partial charge on any atom is -0.388 e. The van der Waals surface area contributed by atoms with E-state index in [0.717, 1.165) is 5.69 Å². The molecule has 0 bridgehead atoms. The van der Waals surface area contributed by atoms with E-state index in [4.69, 9.17) is 23.2 Å². The molecule has 4 heteroatoms. The lowest BCUT2D eigenvalue weighted by Crippen LogP contribution is -2.39. The van der Waals surface area contributed by atoms with Gasteiger partial charge in [0.15, 0.2) is 0 Å². The van der Waals surface area contributed by atoms with Crippen LogP contribution in [0, 0.1) is 0 Å². The molecule has 0 aromatic heterocycles. The van der Waals surface area contributed by atoms with Crippen LogP contribution in [0.4, 0.5) is 5.69 Å². The van der Waals surface area contributed by atoms with Gasteiger partial charge in [-0.1, -0.05) is 23.2 Å². The summed E-state index contributed by atoms with van der Waals surface area (Å²) in [5.41, 5.74) is 0.0107. The van der Waals surface area contributed by atoms with Crippen LogP contribution in [0.5, 0.6) is 0 Å². The van der Waals surface area contributed by atoms with Crippen LogP contribution >= 0.6 is 23.2 Å². The zero-order valence-corrected chi connectivity index (χ0v) is 10.5. The zero-order chi connectivity index (χ0) is 11.6. The molecule has 0 heterocycles. The van der Waals surface area contributed by atoms with E-state index in [0.29, 0.717) is 10.0 Å². The molecule has 0 fully saturated rings. The van der Waals surface area contributed by atoms with Gasteiger partial charge < -0.3 is 10.4 Å². The molecule has 0 saturated carbocycles. The molecule has 1 rings (SSSR count). The molecule has 1 aromatic rings. The predicted molar refractivity (Wildman–Crippen MR) is 65.8 cm³/mol. The molecule has 0 saturated heterocycles. The largest absolute Gasteiger partial charge is 0.388 e. The highest BCUT2D eigenvalue weighted by Crippen LogP contribution is 2.24. The molecule has 15 heavy (non-hydrogen) atoms. The Labute approximate surface area is 100 Å². The van der Waals surface area contributed by atoms with Crippen molar-refractivity contribution in [3.63, 3.8) is 0 Å². The highest BCUT2D eigenvalue weighted by Gasteiger charge is 2.21. The average molecular weight is 248 g/mol. The van der Waals surface area contributed by atoms with Gasteiger partial charge in [-0.15, -0.1) is 0 Å². The highest BCUT2D eigenvalue weighted by molar-refractivity contribution is 6.35. The third-order valence-electron chi connectivity index (χ3n) is 2.31. The number of benzene rings is 1. The van der Waals surface area contributed by atoms with E-state index < -0.39 is 5.60 Å². The van der Waals surface area contributed by atoms with Crippen molar-refractivity contribution in [3.8, 4) is 0 Å². The van der Waals surface area contributed by atoms with Crippen molar-refractivity contribution in [2.24, 2.45) is 0 Å². The van der Waals surface area contributed by atoms with E-state index in [1.54, 1.807) is 32.0 Å². The third-order valence-corrected chi connectivity index (χ3v) is 2.74. The van der Waals surface area contributed by atoms with Gasteiger partial charge in [0.2, 0.25) is 0 Å². The first kappa shape index (κ1) is 12.6. The Kier molecular flexibility index (Phi) is 3.87. The lowest BCUT2D eigenvalue weighted by Gasteiger charge is -2.27. The first-order valence-electron chi connectivity index (χ1n) is 4.74. The van der Waals surface area contributed by atoms with Gasteiger partial charge in [0.05, 0.1) is 11.6 Å². The van der Waals surface area contributed by atoms with Crippen molar-refractivity contribution < 1.29 is 5.11 Å². The van der Waals surface area contributed by atoms with Crippen LogP contribution in [0.3, 0.4) is 0 Å². The van der Waals surface area contributed by atoms with Crippen LogP contribution in [0.2, 0.25) is 10.0 Å². The van der Waals surface area contributed by atoms with E-state index in [-0.39, 0.29) is 6.04 Å². The Balaban J connectivity index is 2.81. The van der Waals surface area contributed by atoms with Gasteiger partial charge in [-0.25, -0.2) is 0 Å². The van der Waals surface area contributed by atoms with Crippen LogP contribution in [-0.2, 0) is 0 Å². The van der Waals surface area contributed by atoms with Crippen molar-refractivity contribution in [1.29, 1.82) is 0 Å². The molecule has 2 N–H and O–H groups in total. The Morgan fingerprint density at radius 3 is 2.07 bits per heavy atom. The molecular weight excluding hydrogens is 233 g/mol. The summed E-state index contributed by atoms with van der Waals surface area (Å²) in [6.07, 6.45) is 0. The number of hydrogen-bond donors (Lipinski definition) is 2. The first-order valence-corrected chi connectivity index (χ1v) is 5.49. The van der Waals surface area contributed by atoms with E-state index >= 15 is 0 Å². The Morgan fingerprint density at radius 2 is 1.67 bits per heavy atom. The van der Waals surface area contributed by atoms with Crippen LogP contribution in [0.1, 0.15) is 20.8 Å². The smallest absolute Gasteiger partial charge is 0.0789 e. The van der Waals surface area contributed by atoms with Gasteiger partial charge in [0.25, 0.3) is 0 Å². The predicted octanol–water partition coefficient (Wildman–Crippen LogP) is 3.56. The number of rotatable bonds is 3. The fourth-order valence-corrected chi connectivity index (χ4v) is 1.59. The molecule has 0 aliphatic carbocycles. The van der Waals surface area contributed by atoms with Crippen molar-refractivity contribution >= 4 is 28.9 Å². The second kappa shape index (κ2) is 4.60. The van der Waals surface area contributed by atoms with Gasteiger partial charge in [-0.3, -0.25) is 0 Å². The summed E-state index contributed by atoms with van der Waals surface area (Å²) in [6, 6.07) is 5.13. The molecule has 1 atom stereocenters. The molecule has 0 aliphatic rings. The van der Waals surface area contributed by atoms with Gasteiger partial charge >= 0.3 is 0 Å². The molecule has 1 unspecified atom stereocenters. The molecule has 0 spiro atoms. The third kappa shape index (κ3) is 3.90. The van der Waals surface area contributed by atoms with Crippen molar-refractivity contribution in [2.45, 2.75) is 32.4 Å². The Hall–Kier alpha value is -0.440. The maximum atomic E-state index is 9.76. The van der Waals surface area contributed by atoms with Crippen molar-refractivity contribution in [1.82, 2.24) is 0 Å². The number of halogens is 2. The van der Waals surface area contributed by atoms with Crippen LogP contribution in [-0.4, -0.2) is 16.7 Å². The van der Waals surface area contributed by atoms with E-state index in [9.17, 15) is 5.11 Å². The molecule has 1 aromatic carbocycles.